The lowest BCUT2D eigenvalue weighted by molar-refractivity contribution is 0.100. The van der Waals surface area contributed by atoms with Crippen LogP contribution in [0.15, 0.2) is 47.5 Å². The van der Waals surface area contributed by atoms with E-state index in [-0.39, 0.29) is 0 Å². The van der Waals surface area contributed by atoms with Gasteiger partial charge in [0.15, 0.2) is 5.96 Å². The third-order valence-electron chi connectivity index (χ3n) is 3.95. The highest BCUT2D eigenvalue weighted by Gasteiger charge is 2.03. The highest BCUT2D eigenvalue weighted by Crippen LogP contribution is 2.10. The Labute approximate surface area is 149 Å². The second-order valence-electron chi connectivity index (χ2n) is 6.04. The van der Waals surface area contributed by atoms with Gasteiger partial charge in [0.05, 0.1) is 6.54 Å². The first-order valence-corrected chi connectivity index (χ1v) is 8.46. The molecule has 4 N–H and O–H groups in total. The Bertz CT molecular complexity index is 751. The second-order valence-corrected chi connectivity index (χ2v) is 6.04. The molecule has 2 rings (SSSR count). The fraction of sp³-hybridized carbons (Fsp3) is 0.300. The minimum atomic E-state index is -0.418. The molecule has 2 aromatic carbocycles. The molecule has 0 bridgehead atoms. The summed E-state index contributed by atoms with van der Waals surface area (Å²) in [4.78, 5) is 15.7. The first-order valence-electron chi connectivity index (χ1n) is 8.46. The molecule has 25 heavy (non-hydrogen) atoms. The van der Waals surface area contributed by atoms with Gasteiger partial charge < -0.3 is 16.4 Å². The van der Waals surface area contributed by atoms with E-state index in [0.717, 1.165) is 24.6 Å². The molecule has 0 aliphatic carbocycles. The van der Waals surface area contributed by atoms with Crippen molar-refractivity contribution in [2.24, 2.45) is 10.7 Å². The maximum atomic E-state index is 11.1. The monoisotopic (exact) mass is 338 g/mol. The molecule has 0 unspecified atom stereocenters. The maximum absolute atomic E-state index is 11.1. The molecule has 0 saturated carbocycles. The number of rotatable bonds is 6. The molecule has 1 amide bonds. The molecule has 5 nitrogen and oxygen atoms in total. The van der Waals surface area contributed by atoms with Crippen molar-refractivity contribution in [3.8, 4) is 0 Å². The lowest BCUT2D eigenvalue weighted by Gasteiger charge is -2.13. The van der Waals surface area contributed by atoms with Crippen molar-refractivity contribution in [3.05, 3.63) is 70.3 Å². The average molecular weight is 338 g/mol. The Morgan fingerprint density at radius 2 is 1.80 bits per heavy atom. The summed E-state index contributed by atoms with van der Waals surface area (Å²) < 4.78 is 0. The van der Waals surface area contributed by atoms with Crippen LogP contribution in [0.1, 0.15) is 39.5 Å². The van der Waals surface area contributed by atoms with Gasteiger partial charge in [-0.1, -0.05) is 35.9 Å². The van der Waals surface area contributed by atoms with Crippen LogP contribution >= 0.6 is 0 Å². The summed E-state index contributed by atoms with van der Waals surface area (Å²) in [6.07, 6.45) is 0. The number of nitrogens with zero attached hydrogens (tertiary/aromatic N) is 1. The molecule has 2 aromatic rings. The molecule has 0 heterocycles. The number of nitrogens with one attached hydrogen (secondary N) is 2. The van der Waals surface area contributed by atoms with Crippen molar-refractivity contribution < 1.29 is 4.79 Å². The van der Waals surface area contributed by atoms with E-state index in [1.54, 1.807) is 12.1 Å². The van der Waals surface area contributed by atoms with Crippen LogP contribution in [-0.4, -0.2) is 18.4 Å². The van der Waals surface area contributed by atoms with Crippen LogP contribution in [-0.2, 0) is 13.1 Å². The van der Waals surface area contributed by atoms with Gasteiger partial charge in [0.25, 0.3) is 0 Å². The van der Waals surface area contributed by atoms with Crippen LogP contribution in [0.3, 0.4) is 0 Å². The van der Waals surface area contributed by atoms with E-state index in [9.17, 15) is 4.79 Å². The van der Waals surface area contributed by atoms with Crippen LogP contribution in [0.2, 0.25) is 0 Å². The molecule has 0 fully saturated rings. The van der Waals surface area contributed by atoms with E-state index in [0.29, 0.717) is 12.1 Å². The van der Waals surface area contributed by atoms with Gasteiger partial charge in [-0.15, -0.1) is 0 Å². The normalized spacial score (nSPS) is 11.2. The minimum absolute atomic E-state index is 0.418. The Balaban J connectivity index is 2.01. The van der Waals surface area contributed by atoms with E-state index in [4.69, 9.17) is 5.73 Å². The lowest BCUT2D eigenvalue weighted by Crippen LogP contribution is -2.36. The third kappa shape index (κ3) is 5.64. The molecular weight excluding hydrogens is 312 g/mol. The molecule has 5 heteroatoms. The number of hydrogen-bond donors (Lipinski definition) is 3. The summed E-state index contributed by atoms with van der Waals surface area (Å²) in [6.45, 7) is 8.29. The summed E-state index contributed by atoms with van der Waals surface area (Å²) in [5.74, 6) is 0.347. The quantitative estimate of drug-likeness (QED) is 0.559. The molecular formula is C20H26N4O. The van der Waals surface area contributed by atoms with Crippen molar-refractivity contribution in [3.63, 3.8) is 0 Å². The largest absolute Gasteiger partial charge is 0.366 e. The molecule has 0 aliphatic rings. The Hall–Kier alpha value is -2.82. The second kappa shape index (κ2) is 8.87. The number of aryl methyl sites for hydroxylation is 2. The summed E-state index contributed by atoms with van der Waals surface area (Å²) in [6, 6.07) is 13.6. The van der Waals surface area contributed by atoms with Gasteiger partial charge in [-0.25, -0.2) is 4.99 Å². The van der Waals surface area contributed by atoms with Gasteiger partial charge in [0.2, 0.25) is 5.91 Å². The number of carbonyl (C=O) groups is 1. The van der Waals surface area contributed by atoms with E-state index in [1.165, 1.54) is 16.7 Å². The molecule has 0 aromatic heterocycles. The lowest BCUT2D eigenvalue weighted by atomic mass is 10.1. The maximum Gasteiger partial charge on any atom is 0.248 e. The first-order chi connectivity index (χ1) is 12.0. The highest BCUT2D eigenvalue weighted by molar-refractivity contribution is 5.92. The Morgan fingerprint density at radius 3 is 2.40 bits per heavy atom. The van der Waals surface area contributed by atoms with Crippen molar-refractivity contribution in [1.29, 1.82) is 0 Å². The zero-order valence-electron chi connectivity index (χ0n) is 15.1. The topological polar surface area (TPSA) is 79.5 Å². The van der Waals surface area contributed by atoms with Crippen LogP contribution in [0.4, 0.5) is 0 Å². The zero-order valence-corrected chi connectivity index (χ0v) is 15.1. The van der Waals surface area contributed by atoms with Crippen molar-refractivity contribution in [2.75, 3.05) is 6.54 Å². The molecule has 0 saturated heterocycles. The summed E-state index contributed by atoms with van der Waals surface area (Å²) in [5, 5.41) is 6.61. The Kier molecular flexibility index (Phi) is 6.57. The number of aliphatic imine (C=N–C) groups is 1. The number of amides is 1. The predicted molar refractivity (Wildman–Crippen MR) is 103 cm³/mol. The number of carbonyl (C=O) groups excluding carboxylic acids is 1. The number of hydrogen-bond acceptors (Lipinski definition) is 2. The standard InChI is InChI=1S/C20H26N4O/c1-4-22-20(24-13-18-8-5-14(2)11-15(18)3)23-12-16-6-9-17(10-7-16)19(21)25/h5-11H,4,12-13H2,1-3H3,(H2,21,25)(H2,22,23,24). The summed E-state index contributed by atoms with van der Waals surface area (Å²) in [7, 11) is 0. The van der Waals surface area contributed by atoms with E-state index < -0.39 is 5.91 Å². The number of benzene rings is 2. The van der Waals surface area contributed by atoms with E-state index in [2.05, 4.69) is 47.7 Å². The van der Waals surface area contributed by atoms with Crippen LogP contribution in [0.25, 0.3) is 0 Å². The molecule has 0 radical (unpaired) electrons. The van der Waals surface area contributed by atoms with Gasteiger partial charge in [-0.05, 0) is 49.6 Å². The van der Waals surface area contributed by atoms with Crippen molar-refractivity contribution in [1.82, 2.24) is 10.6 Å². The van der Waals surface area contributed by atoms with Crippen LogP contribution < -0.4 is 16.4 Å². The first kappa shape index (κ1) is 18.5. The fourth-order valence-corrected chi connectivity index (χ4v) is 2.51. The number of guanidine groups is 1. The van der Waals surface area contributed by atoms with Crippen LogP contribution in [0, 0.1) is 13.8 Å². The molecule has 132 valence electrons. The van der Waals surface area contributed by atoms with Gasteiger partial charge in [0.1, 0.15) is 0 Å². The summed E-state index contributed by atoms with van der Waals surface area (Å²) in [5.41, 5.74) is 10.6. The molecule has 0 atom stereocenters. The van der Waals surface area contributed by atoms with Gasteiger partial charge >= 0.3 is 0 Å². The smallest absolute Gasteiger partial charge is 0.248 e. The third-order valence-corrected chi connectivity index (χ3v) is 3.95. The molecule has 0 aliphatic heterocycles. The Morgan fingerprint density at radius 1 is 1.08 bits per heavy atom. The van der Waals surface area contributed by atoms with Gasteiger partial charge in [-0.3, -0.25) is 4.79 Å². The molecule has 0 spiro atoms. The summed E-state index contributed by atoms with van der Waals surface area (Å²) >= 11 is 0. The van der Waals surface area contributed by atoms with Gasteiger partial charge in [0, 0.05) is 18.7 Å². The van der Waals surface area contributed by atoms with Crippen molar-refractivity contribution in [2.45, 2.75) is 33.9 Å². The average Bonchev–Trinajstić information content (AvgIpc) is 2.59. The van der Waals surface area contributed by atoms with E-state index >= 15 is 0 Å². The van der Waals surface area contributed by atoms with Crippen LogP contribution in [0.5, 0.6) is 0 Å². The fourth-order valence-electron chi connectivity index (χ4n) is 2.51. The zero-order chi connectivity index (χ0) is 18.2. The van der Waals surface area contributed by atoms with E-state index in [1.807, 2.05) is 19.1 Å². The highest BCUT2D eigenvalue weighted by atomic mass is 16.1. The number of nitrogens with two attached hydrogens (primary N) is 1. The van der Waals surface area contributed by atoms with Crippen molar-refractivity contribution >= 4 is 11.9 Å². The predicted octanol–water partition coefficient (Wildman–Crippen LogP) is 2.66. The minimum Gasteiger partial charge on any atom is -0.366 e. The SMILES string of the molecule is CCNC(=NCc1ccc(C(N)=O)cc1)NCc1ccc(C)cc1C. The number of primary amides is 1. The van der Waals surface area contributed by atoms with Gasteiger partial charge in [-0.2, -0.15) is 0 Å².